The van der Waals surface area contributed by atoms with Crippen LogP contribution in [-0.4, -0.2) is 53.0 Å². The topological polar surface area (TPSA) is 115 Å². The highest BCUT2D eigenvalue weighted by Gasteiger charge is 2.11. The Morgan fingerprint density at radius 1 is 1.24 bits per heavy atom. The molecule has 0 aliphatic rings. The van der Waals surface area contributed by atoms with E-state index < -0.39 is 12.1 Å². The fraction of sp³-hybridized carbons (Fsp3) is 0.667. The van der Waals surface area contributed by atoms with Crippen LogP contribution in [0.5, 0.6) is 12.0 Å². The second kappa shape index (κ2) is 6.16. The number of nitrogens with two attached hydrogens (primary N) is 1. The molecule has 8 heteroatoms. The summed E-state index contributed by atoms with van der Waals surface area (Å²) in [4.78, 5) is 11.8. The molecule has 0 aliphatic heterocycles. The summed E-state index contributed by atoms with van der Waals surface area (Å²) >= 11 is 0. The van der Waals surface area contributed by atoms with Crippen LogP contribution in [0.25, 0.3) is 0 Å². The molecule has 0 saturated heterocycles. The minimum Gasteiger partial charge on any atom is -0.467 e. The molecule has 17 heavy (non-hydrogen) atoms. The molecular weight excluding hydrogens is 226 g/mol. The van der Waals surface area contributed by atoms with Crippen LogP contribution in [0.15, 0.2) is 0 Å². The van der Waals surface area contributed by atoms with Crippen LogP contribution >= 0.6 is 0 Å². The Bertz CT molecular complexity index is 338. The van der Waals surface area contributed by atoms with Gasteiger partial charge in [-0.3, -0.25) is 0 Å². The quantitative estimate of drug-likeness (QED) is 0.583. The highest BCUT2D eigenvalue weighted by molar-refractivity contribution is 5.27. The van der Waals surface area contributed by atoms with E-state index >= 15 is 0 Å². The third-order valence-corrected chi connectivity index (χ3v) is 2.08. The van der Waals surface area contributed by atoms with Crippen molar-refractivity contribution in [1.82, 2.24) is 15.0 Å². The molecule has 0 spiro atoms. The Hall–Kier alpha value is -1.67. The number of aliphatic hydroxyl groups is 1. The molecule has 0 bridgehead atoms. The molecular formula is C9H17N5O3. The molecule has 4 N–H and O–H groups in total. The number of aliphatic hydroxyl groups excluding tert-OH is 1. The van der Waals surface area contributed by atoms with E-state index in [0.717, 1.165) is 0 Å². The van der Waals surface area contributed by atoms with Crippen LogP contribution in [-0.2, 0) is 0 Å². The molecule has 1 heterocycles. The molecule has 8 nitrogen and oxygen atoms in total. The molecule has 0 amide bonds. The van der Waals surface area contributed by atoms with Gasteiger partial charge in [-0.25, -0.2) is 0 Å². The van der Waals surface area contributed by atoms with Gasteiger partial charge in [-0.1, -0.05) is 0 Å². The monoisotopic (exact) mass is 243 g/mol. The van der Waals surface area contributed by atoms with Gasteiger partial charge < -0.3 is 25.6 Å². The van der Waals surface area contributed by atoms with Crippen LogP contribution in [0.3, 0.4) is 0 Å². The average Bonchev–Trinajstić information content (AvgIpc) is 2.35. The maximum Gasteiger partial charge on any atom is 0.324 e. The number of nitrogens with one attached hydrogen (secondary N) is 1. The Balaban J connectivity index is 2.70. The van der Waals surface area contributed by atoms with Crippen molar-refractivity contribution in [3.05, 3.63) is 0 Å². The zero-order chi connectivity index (χ0) is 12.8. The summed E-state index contributed by atoms with van der Waals surface area (Å²) < 4.78 is 9.78. The van der Waals surface area contributed by atoms with Crippen LogP contribution in [0.1, 0.15) is 6.92 Å². The van der Waals surface area contributed by atoms with Crippen molar-refractivity contribution in [3.63, 3.8) is 0 Å². The Morgan fingerprint density at radius 2 is 1.76 bits per heavy atom. The predicted octanol–water partition coefficient (Wildman–Crippen LogP) is -0.991. The zero-order valence-electron chi connectivity index (χ0n) is 10.0. The molecule has 0 aliphatic carbocycles. The van der Waals surface area contributed by atoms with Crippen molar-refractivity contribution in [2.75, 3.05) is 26.1 Å². The number of rotatable bonds is 6. The van der Waals surface area contributed by atoms with E-state index in [1.165, 1.54) is 14.2 Å². The Kier molecular flexibility index (Phi) is 4.85. The molecule has 1 rings (SSSR count). The third kappa shape index (κ3) is 4.00. The fourth-order valence-corrected chi connectivity index (χ4v) is 0.979. The molecule has 0 fully saturated rings. The first-order valence-corrected chi connectivity index (χ1v) is 5.08. The normalized spacial score (nSPS) is 13.9. The summed E-state index contributed by atoms with van der Waals surface area (Å²) in [5, 5.41) is 12.1. The van der Waals surface area contributed by atoms with Gasteiger partial charge in [-0.2, -0.15) is 9.97 Å². The largest absolute Gasteiger partial charge is 0.467 e. The van der Waals surface area contributed by atoms with Gasteiger partial charge in [0.25, 0.3) is 0 Å². The summed E-state index contributed by atoms with van der Waals surface area (Å²) in [6.07, 6.45) is -0.617. The van der Waals surface area contributed by atoms with E-state index in [-0.39, 0.29) is 18.0 Å². The van der Waals surface area contributed by atoms with E-state index in [9.17, 15) is 5.11 Å². The number of hydrogen-bond acceptors (Lipinski definition) is 8. The van der Waals surface area contributed by atoms with Crippen molar-refractivity contribution in [3.8, 4) is 12.0 Å². The van der Waals surface area contributed by atoms with Gasteiger partial charge in [-0.05, 0) is 6.92 Å². The molecule has 96 valence electrons. The first-order chi connectivity index (χ1) is 8.06. The number of ether oxygens (including phenoxy) is 2. The third-order valence-electron chi connectivity index (χ3n) is 2.08. The van der Waals surface area contributed by atoms with Crippen molar-refractivity contribution >= 4 is 5.95 Å². The summed E-state index contributed by atoms with van der Waals surface area (Å²) in [6, 6.07) is -0.126. The molecule has 0 radical (unpaired) electrons. The minimum absolute atomic E-state index is 0.143. The number of aromatic nitrogens is 3. The first-order valence-electron chi connectivity index (χ1n) is 5.08. The lowest BCUT2D eigenvalue weighted by molar-refractivity contribution is 0.168. The van der Waals surface area contributed by atoms with Gasteiger partial charge in [0, 0.05) is 12.6 Å². The number of hydrogen-bond donors (Lipinski definition) is 3. The summed E-state index contributed by atoms with van der Waals surface area (Å²) in [5.41, 5.74) is 5.66. The van der Waals surface area contributed by atoms with E-state index in [1.54, 1.807) is 6.92 Å². The van der Waals surface area contributed by atoms with Gasteiger partial charge in [0.05, 0.1) is 20.3 Å². The molecule has 2 atom stereocenters. The Morgan fingerprint density at radius 3 is 2.18 bits per heavy atom. The molecule has 2 unspecified atom stereocenters. The molecule has 0 aromatic carbocycles. The number of methoxy groups -OCH3 is 2. The zero-order valence-corrected chi connectivity index (χ0v) is 10.0. The smallest absolute Gasteiger partial charge is 0.324 e. The summed E-state index contributed by atoms with van der Waals surface area (Å²) in [7, 11) is 2.89. The van der Waals surface area contributed by atoms with Crippen LogP contribution in [0, 0.1) is 0 Å². The second-order valence-corrected chi connectivity index (χ2v) is 3.42. The number of anilines is 1. The minimum atomic E-state index is -0.617. The SMILES string of the molecule is COc1nc(NCC(N)C(C)O)nc(OC)n1. The highest BCUT2D eigenvalue weighted by Crippen LogP contribution is 2.11. The van der Waals surface area contributed by atoms with Gasteiger partial charge >= 0.3 is 12.0 Å². The Labute approximate surface area is 99.2 Å². The number of nitrogens with zero attached hydrogens (tertiary/aromatic N) is 3. The standard InChI is InChI=1S/C9H17N5O3/c1-5(15)6(10)4-11-7-12-8(16-2)14-9(13-7)17-3/h5-6,15H,4,10H2,1-3H3,(H,11,12,13,14). The van der Waals surface area contributed by atoms with Crippen molar-refractivity contribution < 1.29 is 14.6 Å². The second-order valence-electron chi connectivity index (χ2n) is 3.42. The molecule has 1 aromatic rings. The molecule has 0 saturated carbocycles. The van der Waals surface area contributed by atoms with E-state index in [4.69, 9.17) is 15.2 Å². The van der Waals surface area contributed by atoms with Gasteiger partial charge in [0.1, 0.15) is 0 Å². The van der Waals surface area contributed by atoms with Crippen LogP contribution < -0.4 is 20.5 Å². The fourth-order valence-electron chi connectivity index (χ4n) is 0.979. The van der Waals surface area contributed by atoms with E-state index in [1.807, 2.05) is 0 Å². The van der Waals surface area contributed by atoms with E-state index in [2.05, 4.69) is 20.3 Å². The average molecular weight is 243 g/mol. The van der Waals surface area contributed by atoms with Crippen LogP contribution in [0.4, 0.5) is 5.95 Å². The maximum atomic E-state index is 9.23. The molecule has 1 aromatic heterocycles. The van der Waals surface area contributed by atoms with Gasteiger partial charge in [0.2, 0.25) is 5.95 Å². The lowest BCUT2D eigenvalue weighted by Crippen LogP contribution is -2.39. The first kappa shape index (κ1) is 13.4. The van der Waals surface area contributed by atoms with Crippen LogP contribution in [0.2, 0.25) is 0 Å². The van der Waals surface area contributed by atoms with Crippen molar-refractivity contribution in [1.29, 1.82) is 0 Å². The van der Waals surface area contributed by atoms with Crippen molar-refractivity contribution in [2.45, 2.75) is 19.1 Å². The van der Waals surface area contributed by atoms with Gasteiger partial charge in [0.15, 0.2) is 0 Å². The van der Waals surface area contributed by atoms with Crippen molar-refractivity contribution in [2.24, 2.45) is 5.73 Å². The summed E-state index contributed by atoms with van der Waals surface area (Å²) in [5.74, 6) is 0.282. The predicted molar refractivity (Wildman–Crippen MR) is 61.1 cm³/mol. The lowest BCUT2D eigenvalue weighted by atomic mass is 10.2. The van der Waals surface area contributed by atoms with Gasteiger partial charge in [-0.15, -0.1) is 4.98 Å². The maximum absolute atomic E-state index is 9.23. The summed E-state index contributed by atoms with van der Waals surface area (Å²) in [6.45, 7) is 1.94. The highest BCUT2D eigenvalue weighted by atomic mass is 16.5. The van der Waals surface area contributed by atoms with E-state index in [0.29, 0.717) is 6.54 Å². The lowest BCUT2D eigenvalue weighted by Gasteiger charge is -2.15.